The number of piperidine rings is 1. The normalized spacial score (nSPS) is 19.7. The van der Waals surface area contributed by atoms with Crippen LogP contribution in [0.25, 0.3) is 0 Å². The second-order valence-electron chi connectivity index (χ2n) is 5.39. The van der Waals surface area contributed by atoms with Crippen LogP contribution in [0.1, 0.15) is 32.6 Å². The molecule has 1 fully saturated rings. The van der Waals surface area contributed by atoms with E-state index in [-0.39, 0.29) is 0 Å². The summed E-state index contributed by atoms with van der Waals surface area (Å²) in [5, 5.41) is 0. The molecule has 21 heavy (non-hydrogen) atoms. The molecule has 6 heteroatoms. The molecule has 0 saturated carbocycles. The number of benzene rings is 1. The molecule has 0 spiro atoms. The summed E-state index contributed by atoms with van der Waals surface area (Å²) in [4.78, 5) is 2.59. The van der Waals surface area contributed by atoms with Crippen LogP contribution in [0.4, 0.5) is 5.69 Å². The van der Waals surface area contributed by atoms with E-state index in [0.717, 1.165) is 31.5 Å². The van der Waals surface area contributed by atoms with Gasteiger partial charge in [-0.05, 0) is 44.4 Å². The third kappa shape index (κ3) is 3.75. The van der Waals surface area contributed by atoms with Gasteiger partial charge in [-0.15, -0.1) is 0 Å². The molecule has 2 rings (SSSR count). The van der Waals surface area contributed by atoms with Gasteiger partial charge in [0.1, 0.15) is 4.90 Å². The summed E-state index contributed by atoms with van der Waals surface area (Å²) in [6.45, 7) is 3.70. The molecule has 118 valence electrons. The number of sulfonamides is 1. The van der Waals surface area contributed by atoms with Gasteiger partial charge in [0.2, 0.25) is 10.0 Å². The van der Waals surface area contributed by atoms with Gasteiger partial charge in [0.05, 0.1) is 5.69 Å². The van der Waals surface area contributed by atoms with Crippen molar-refractivity contribution in [3.63, 3.8) is 0 Å². The van der Waals surface area contributed by atoms with Crippen molar-refractivity contribution >= 4 is 15.7 Å². The molecule has 1 saturated heterocycles. The molecule has 0 aliphatic carbocycles. The van der Waals surface area contributed by atoms with Gasteiger partial charge in [0, 0.05) is 19.1 Å². The first-order chi connectivity index (χ1) is 10.1. The number of hydrogen-bond donors (Lipinski definition) is 2. The fraction of sp³-hybridized carbons (Fsp3) is 0.600. The van der Waals surface area contributed by atoms with Crippen LogP contribution in [-0.4, -0.2) is 34.1 Å². The van der Waals surface area contributed by atoms with Gasteiger partial charge in [-0.3, -0.25) is 0 Å². The van der Waals surface area contributed by atoms with Gasteiger partial charge < -0.3 is 10.6 Å². The maximum absolute atomic E-state index is 12.4. The van der Waals surface area contributed by atoms with Crippen LogP contribution in [0, 0.1) is 0 Å². The lowest BCUT2D eigenvalue weighted by Crippen LogP contribution is -2.41. The first-order valence-electron chi connectivity index (χ1n) is 7.65. The Morgan fingerprint density at radius 1 is 1.33 bits per heavy atom. The van der Waals surface area contributed by atoms with Gasteiger partial charge in [0.15, 0.2) is 0 Å². The highest BCUT2D eigenvalue weighted by molar-refractivity contribution is 7.89. The van der Waals surface area contributed by atoms with E-state index in [1.165, 1.54) is 6.42 Å². The minimum Gasteiger partial charge on any atom is -0.367 e. The maximum atomic E-state index is 12.4. The van der Waals surface area contributed by atoms with Crippen molar-refractivity contribution < 1.29 is 8.42 Å². The quantitative estimate of drug-likeness (QED) is 0.838. The molecule has 0 amide bonds. The molecule has 1 aromatic rings. The van der Waals surface area contributed by atoms with E-state index in [1.807, 2.05) is 12.1 Å². The van der Waals surface area contributed by atoms with Crippen LogP contribution in [0.15, 0.2) is 29.2 Å². The summed E-state index contributed by atoms with van der Waals surface area (Å²) in [6.07, 6.45) is 4.25. The van der Waals surface area contributed by atoms with Gasteiger partial charge in [-0.2, -0.15) is 0 Å². The van der Waals surface area contributed by atoms with Crippen LogP contribution < -0.4 is 15.4 Å². The van der Waals surface area contributed by atoms with E-state index >= 15 is 0 Å². The highest BCUT2D eigenvalue weighted by atomic mass is 32.2. The van der Waals surface area contributed by atoms with Crippen molar-refractivity contribution in [2.75, 3.05) is 24.5 Å². The Bertz CT molecular complexity index is 558. The third-order valence-corrected chi connectivity index (χ3v) is 5.52. The summed E-state index contributed by atoms with van der Waals surface area (Å²) in [5.41, 5.74) is 6.52. The SMILES string of the molecule is CCNS(=O)(=O)c1ccccc1N1CCCCC1CCN. The molecule has 1 heterocycles. The predicted octanol–water partition coefficient (Wildman–Crippen LogP) is 1.69. The predicted molar refractivity (Wildman–Crippen MR) is 86.0 cm³/mol. The topological polar surface area (TPSA) is 75.4 Å². The molecule has 0 aromatic heterocycles. The minimum absolute atomic E-state index is 0.335. The van der Waals surface area contributed by atoms with E-state index in [0.29, 0.717) is 24.0 Å². The monoisotopic (exact) mass is 311 g/mol. The lowest BCUT2D eigenvalue weighted by molar-refractivity contribution is 0.439. The van der Waals surface area contributed by atoms with E-state index in [1.54, 1.807) is 19.1 Å². The fourth-order valence-corrected chi connectivity index (χ4v) is 4.25. The third-order valence-electron chi connectivity index (χ3n) is 3.93. The Morgan fingerprint density at radius 2 is 2.10 bits per heavy atom. The summed E-state index contributed by atoms with van der Waals surface area (Å²) >= 11 is 0. The lowest BCUT2D eigenvalue weighted by Gasteiger charge is -2.38. The van der Waals surface area contributed by atoms with E-state index in [4.69, 9.17) is 5.73 Å². The Kier molecular flexibility index (Phi) is 5.61. The molecule has 5 nitrogen and oxygen atoms in total. The van der Waals surface area contributed by atoms with Crippen molar-refractivity contribution in [2.24, 2.45) is 5.73 Å². The Hall–Kier alpha value is -1.11. The van der Waals surface area contributed by atoms with Crippen LogP contribution in [0.3, 0.4) is 0 Å². The molecule has 1 unspecified atom stereocenters. The smallest absolute Gasteiger partial charge is 0.242 e. The molecule has 0 bridgehead atoms. The van der Waals surface area contributed by atoms with Gasteiger partial charge >= 0.3 is 0 Å². The average Bonchev–Trinajstić information content (AvgIpc) is 2.48. The second-order valence-corrected chi connectivity index (χ2v) is 7.12. The van der Waals surface area contributed by atoms with Crippen molar-refractivity contribution in [3.05, 3.63) is 24.3 Å². The van der Waals surface area contributed by atoms with E-state index in [2.05, 4.69) is 9.62 Å². The average molecular weight is 311 g/mol. The van der Waals surface area contributed by atoms with E-state index in [9.17, 15) is 8.42 Å². The van der Waals surface area contributed by atoms with Crippen molar-refractivity contribution in [3.8, 4) is 0 Å². The highest BCUT2D eigenvalue weighted by Crippen LogP contribution is 2.31. The fourth-order valence-electron chi connectivity index (χ4n) is 3.00. The Balaban J connectivity index is 2.38. The van der Waals surface area contributed by atoms with Crippen LogP contribution in [-0.2, 0) is 10.0 Å². The molecule has 1 aliphatic heterocycles. The summed E-state index contributed by atoms with van der Waals surface area (Å²) < 4.78 is 27.4. The first-order valence-corrected chi connectivity index (χ1v) is 9.14. The molecular formula is C15H25N3O2S. The van der Waals surface area contributed by atoms with E-state index < -0.39 is 10.0 Å². The largest absolute Gasteiger partial charge is 0.367 e. The number of rotatable bonds is 6. The van der Waals surface area contributed by atoms with Gasteiger partial charge in [-0.1, -0.05) is 19.1 Å². The van der Waals surface area contributed by atoms with Crippen LogP contribution in [0.2, 0.25) is 0 Å². The van der Waals surface area contributed by atoms with Crippen molar-refractivity contribution in [1.29, 1.82) is 0 Å². The van der Waals surface area contributed by atoms with Gasteiger partial charge in [-0.25, -0.2) is 13.1 Å². The summed E-state index contributed by atoms with van der Waals surface area (Å²) in [5.74, 6) is 0. The molecule has 1 aliphatic rings. The highest BCUT2D eigenvalue weighted by Gasteiger charge is 2.27. The number of anilines is 1. The Morgan fingerprint density at radius 3 is 2.81 bits per heavy atom. The standard InChI is InChI=1S/C15H25N3O2S/c1-2-17-21(19,20)15-9-4-3-8-14(15)18-12-6-5-7-13(18)10-11-16/h3-4,8-9,13,17H,2,5-7,10-12,16H2,1H3. The van der Waals surface area contributed by atoms with Gasteiger partial charge in [0.25, 0.3) is 0 Å². The minimum atomic E-state index is -3.45. The number of nitrogens with two attached hydrogens (primary N) is 1. The molecule has 0 radical (unpaired) electrons. The van der Waals surface area contributed by atoms with Crippen LogP contribution >= 0.6 is 0 Å². The zero-order valence-electron chi connectivity index (χ0n) is 12.6. The zero-order valence-corrected chi connectivity index (χ0v) is 13.4. The first kappa shape index (κ1) is 16.3. The summed E-state index contributed by atoms with van der Waals surface area (Å²) in [7, 11) is -3.45. The molecule has 3 N–H and O–H groups in total. The van der Waals surface area contributed by atoms with Crippen molar-refractivity contribution in [2.45, 2.75) is 43.5 Å². The zero-order chi connectivity index (χ0) is 15.3. The molecule has 1 atom stereocenters. The molecular weight excluding hydrogens is 286 g/mol. The number of para-hydroxylation sites is 1. The van der Waals surface area contributed by atoms with Crippen LogP contribution in [0.5, 0.6) is 0 Å². The van der Waals surface area contributed by atoms with Crippen molar-refractivity contribution in [1.82, 2.24) is 4.72 Å². The second kappa shape index (κ2) is 7.24. The number of nitrogens with one attached hydrogen (secondary N) is 1. The summed E-state index contributed by atoms with van der Waals surface area (Å²) in [6, 6.07) is 7.59. The number of nitrogens with zero attached hydrogens (tertiary/aromatic N) is 1. The number of hydrogen-bond acceptors (Lipinski definition) is 4. The molecule has 1 aromatic carbocycles. The lowest BCUT2D eigenvalue weighted by atomic mass is 9.98. The Labute approximate surface area is 127 Å². The maximum Gasteiger partial charge on any atom is 0.242 e.